The van der Waals surface area contributed by atoms with Gasteiger partial charge in [0.1, 0.15) is 5.52 Å². The Labute approximate surface area is 153 Å². The predicted molar refractivity (Wildman–Crippen MR) is 101 cm³/mol. The summed E-state index contributed by atoms with van der Waals surface area (Å²) in [7, 11) is 2.10. The first-order valence-electron chi connectivity index (χ1n) is 8.98. The average Bonchev–Trinajstić information content (AvgIpc) is 3.05. The van der Waals surface area contributed by atoms with Crippen molar-refractivity contribution < 1.29 is 4.79 Å². The third-order valence-corrected chi connectivity index (χ3v) is 5.04. The zero-order valence-corrected chi connectivity index (χ0v) is 15.2. The van der Waals surface area contributed by atoms with Gasteiger partial charge in [-0.25, -0.2) is 4.68 Å². The smallest absolute Gasteiger partial charge is 0.254 e. The first-order valence-corrected chi connectivity index (χ1v) is 8.98. The lowest BCUT2D eigenvalue weighted by molar-refractivity contribution is 0.0533. The molecule has 0 saturated carbocycles. The summed E-state index contributed by atoms with van der Waals surface area (Å²) in [4.78, 5) is 17.0. The molecule has 0 bridgehead atoms. The zero-order valence-electron chi connectivity index (χ0n) is 15.2. The lowest BCUT2D eigenvalue weighted by Crippen LogP contribution is -2.52. The van der Waals surface area contributed by atoms with Gasteiger partial charge in [-0.15, -0.1) is 5.10 Å². The van der Waals surface area contributed by atoms with Crippen molar-refractivity contribution in [3.63, 3.8) is 0 Å². The molecular formula is C20H23N5O. The largest absolute Gasteiger partial charge is 0.333 e. The van der Waals surface area contributed by atoms with Crippen molar-refractivity contribution in [1.82, 2.24) is 24.8 Å². The Morgan fingerprint density at radius 1 is 1.12 bits per heavy atom. The fourth-order valence-corrected chi connectivity index (χ4v) is 3.57. The number of para-hydroxylation sites is 1. The summed E-state index contributed by atoms with van der Waals surface area (Å²) >= 11 is 0. The maximum atomic E-state index is 12.8. The SMILES string of the molecule is C[C@H]1CN(C)CCN1C(=O)c1ccc(Cn2nnc3ccccc32)cc1. The molecule has 0 unspecified atom stereocenters. The van der Waals surface area contributed by atoms with Gasteiger partial charge in [0.2, 0.25) is 0 Å². The molecule has 6 heteroatoms. The van der Waals surface area contributed by atoms with E-state index in [0.29, 0.717) is 6.54 Å². The summed E-state index contributed by atoms with van der Waals surface area (Å²) in [5, 5.41) is 8.41. The number of carbonyl (C=O) groups excluding carboxylic acids is 1. The van der Waals surface area contributed by atoms with Gasteiger partial charge in [0.05, 0.1) is 12.1 Å². The third-order valence-electron chi connectivity index (χ3n) is 5.04. The molecule has 0 aliphatic carbocycles. The first-order chi connectivity index (χ1) is 12.6. The van der Waals surface area contributed by atoms with Gasteiger partial charge in [-0.2, -0.15) is 0 Å². The van der Waals surface area contributed by atoms with Gasteiger partial charge < -0.3 is 9.80 Å². The number of hydrogen-bond donors (Lipinski definition) is 0. The molecule has 1 saturated heterocycles. The van der Waals surface area contributed by atoms with E-state index in [1.54, 1.807) is 0 Å². The molecule has 26 heavy (non-hydrogen) atoms. The van der Waals surface area contributed by atoms with Crippen LogP contribution in [0.4, 0.5) is 0 Å². The van der Waals surface area contributed by atoms with Crippen LogP contribution in [0.1, 0.15) is 22.8 Å². The first kappa shape index (κ1) is 16.7. The van der Waals surface area contributed by atoms with E-state index >= 15 is 0 Å². The molecule has 1 aliphatic heterocycles. The molecule has 4 rings (SSSR count). The van der Waals surface area contributed by atoms with Gasteiger partial charge in [0.15, 0.2) is 0 Å². The molecule has 3 aromatic rings. The van der Waals surface area contributed by atoms with Gasteiger partial charge in [0, 0.05) is 31.2 Å². The summed E-state index contributed by atoms with van der Waals surface area (Å²) in [5.41, 5.74) is 3.75. The monoisotopic (exact) mass is 349 g/mol. The highest BCUT2D eigenvalue weighted by atomic mass is 16.2. The van der Waals surface area contributed by atoms with Crippen LogP contribution in [-0.4, -0.2) is 63.4 Å². The van der Waals surface area contributed by atoms with E-state index in [2.05, 4.69) is 29.2 Å². The number of fused-ring (bicyclic) bond motifs is 1. The van der Waals surface area contributed by atoms with Crippen molar-refractivity contribution in [3.8, 4) is 0 Å². The van der Waals surface area contributed by atoms with E-state index in [1.165, 1.54) is 0 Å². The molecule has 0 spiro atoms. The standard InChI is InChI=1S/C20H23N5O/c1-15-13-23(2)11-12-24(15)20(26)17-9-7-16(8-10-17)14-25-19-6-4-3-5-18(19)21-22-25/h3-10,15H,11-14H2,1-2H3/t15-/m0/s1. The summed E-state index contributed by atoms with van der Waals surface area (Å²) < 4.78 is 1.88. The predicted octanol–water partition coefficient (Wildman–Crippen LogP) is 2.26. The molecule has 134 valence electrons. The normalized spacial score (nSPS) is 18.4. The number of amides is 1. The van der Waals surface area contributed by atoms with Gasteiger partial charge >= 0.3 is 0 Å². The lowest BCUT2D eigenvalue weighted by Gasteiger charge is -2.38. The van der Waals surface area contributed by atoms with Crippen LogP contribution in [-0.2, 0) is 6.54 Å². The molecule has 1 amide bonds. The summed E-state index contributed by atoms with van der Waals surface area (Å²) in [5.74, 6) is 0.114. The van der Waals surface area contributed by atoms with Crippen LogP contribution in [0.5, 0.6) is 0 Å². The van der Waals surface area contributed by atoms with Crippen molar-refractivity contribution in [2.75, 3.05) is 26.7 Å². The Morgan fingerprint density at radius 2 is 1.88 bits per heavy atom. The Kier molecular flexibility index (Phi) is 4.42. The van der Waals surface area contributed by atoms with E-state index in [0.717, 1.165) is 41.8 Å². The molecule has 1 atom stereocenters. The summed E-state index contributed by atoms with van der Waals surface area (Å²) in [6.45, 7) is 5.37. The molecule has 1 aliphatic rings. The molecular weight excluding hydrogens is 326 g/mol. The van der Waals surface area contributed by atoms with Crippen LogP contribution in [0.2, 0.25) is 0 Å². The fourth-order valence-electron chi connectivity index (χ4n) is 3.57. The Balaban J connectivity index is 1.49. The second kappa shape index (κ2) is 6.88. The molecule has 0 radical (unpaired) electrons. The van der Waals surface area contributed by atoms with Crippen molar-refractivity contribution >= 4 is 16.9 Å². The van der Waals surface area contributed by atoms with E-state index < -0.39 is 0 Å². The number of benzene rings is 2. The molecule has 1 aromatic heterocycles. The van der Waals surface area contributed by atoms with Gasteiger partial charge in [-0.3, -0.25) is 4.79 Å². The quantitative estimate of drug-likeness (QED) is 0.728. The van der Waals surface area contributed by atoms with Crippen molar-refractivity contribution in [1.29, 1.82) is 0 Å². The number of likely N-dealkylation sites (N-methyl/N-ethyl adjacent to an activating group) is 1. The Morgan fingerprint density at radius 3 is 2.65 bits per heavy atom. The van der Waals surface area contributed by atoms with Crippen LogP contribution in [0.3, 0.4) is 0 Å². The van der Waals surface area contributed by atoms with Crippen LogP contribution in [0, 0.1) is 0 Å². The van der Waals surface area contributed by atoms with Gasteiger partial charge in [-0.05, 0) is 43.8 Å². The fraction of sp³-hybridized carbons (Fsp3) is 0.350. The number of carbonyl (C=O) groups is 1. The molecule has 6 nitrogen and oxygen atoms in total. The minimum absolute atomic E-state index is 0.114. The maximum Gasteiger partial charge on any atom is 0.254 e. The highest BCUT2D eigenvalue weighted by Crippen LogP contribution is 2.16. The highest BCUT2D eigenvalue weighted by molar-refractivity contribution is 5.94. The highest BCUT2D eigenvalue weighted by Gasteiger charge is 2.26. The second-order valence-electron chi connectivity index (χ2n) is 7.04. The third kappa shape index (κ3) is 3.20. The number of hydrogen-bond acceptors (Lipinski definition) is 4. The second-order valence-corrected chi connectivity index (χ2v) is 7.04. The zero-order chi connectivity index (χ0) is 18.1. The van der Waals surface area contributed by atoms with Crippen molar-refractivity contribution in [2.45, 2.75) is 19.5 Å². The van der Waals surface area contributed by atoms with Gasteiger partial charge in [0.25, 0.3) is 5.91 Å². The number of aromatic nitrogens is 3. The van der Waals surface area contributed by atoms with E-state index in [9.17, 15) is 4.79 Å². The minimum Gasteiger partial charge on any atom is -0.333 e. The molecule has 2 heterocycles. The minimum atomic E-state index is 0.114. The van der Waals surface area contributed by atoms with Crippen LogP contribution >= 0.6 is 0 Å². The van der Waals surface area contributed by atoms with Crippen molar-refractivity contribution in [2.24, 2.45) is 0 Å². The van der Waals surface area contributed by atoms with Crippen LogP contribution < -0.4 is 0 Å². The average molecular weight is 349 g/mol. The summed E-state index contributed by atoms with van der Waals surface area (Å²) in [6.07, 6.45) is 0. The number of piperazine rings is 1. The summed E-state index contributed by atoms with van der Waals surface area (Å²) in [6, 6.07) is 16.0. The topological polar surface area (TPSA) is 54.3 Å². The van der Waals surface area contributed by atoms with Crippen molar-refractivity contribution in [3.05, 3.63) is 59.7 Å². The van der Waals surface area contributed by atoms with Crippen LogP contribution in [0.15, 0.2) is 48.5 Å². The van der Waals surface area contributed by atoms with Gasteiger partial charge in [-0.1, -0.05) is 29.5 Å². The van der Waals surface area contributed by atoms with E-state index in [4.69, 9.17) is 0 Å². The number of rotatable bonds is 3. The lowest BCUT2D eigenvalue weighted by atomic mass is 10.1. The Hall–Kier alpha value is -2.73. The Bertz CT molecular complexity index is 917. The molecule has 1 fully saturated rings. The van der Waals surface area contributed by atoms with Crippen LogP contribution in [0.25, 0.3) is 11.0 Å². The number of nitrogens with zero attached hydrogens (tertiary/aromatic N) is 5. The van der Waals surface area contributed by atoms with E-state index in [-0.39, 0.29) is 11.9 Å². The maximum absolute atomic E-state index is 12.8. The van der Waals surface area contributed by atoms with E-state index in [1.807, 2.05) is 58.1 Å². The molecule has 0 N–H and O–H groups in total. The molecule has 2 aromatic carbocycles.